The van der Waals surface area contributed by atoms with Gasteiger partial charge < -0.3 is 14.6 Å². The van der Waals surface area contributed by atoms with Gasteiger partial charge >= 0.3 is 5.97 Å². The molecule has 1 N–H and O–H groups in total. The molecule has 0 radical (unpaired) electrons. The van der Waals surface area contributed by atoms with Crippen molar-refractivity contribution in [3.8, 4) is 0 Å². The maximum absolute atomic E-state index is 10.4. The molecule has 0 aromatic rings. The molecule has 5 nitrogen and oxygen atoms in total. The fourth-order valence-electron chi connectivity index (χ4n) is 1.47. The van der Waals surface area contributed by atoms with E-state index in [0.717, 1.165) is 19.6 Å². The van der Waals surface area contributed by atoms with E-state index >= 15 is 0 Å². The Bertz CT molecular complexity index is 177. The van der Waals surface area contributed by atoms with Gasteiger partial charge in [0.1, 0.15) is 0 Å². The number of carboxylic acids is 1. The Hall–Kier alpha value is -0.650. The summed E-state index contributed by atoms with van der Waals surface area (Å²) in [6, 6.07) is 0. The second kappa shape index (κ2) is 11.8. The molecule has 0 aliphatic heterocycles. The summed E-state index contributed by atoms with van der Waals surface area (Å²) < 4.78 is 10.6. The van der Waals surface area contributed by atoms with E-state index in [1.54, 1.807) is 0 Å². The highest BCUT2D eigenvalue weighted by Gasteiger charge is 2.06. The fourth-order valence-corrected chi connectivity index (χ4v) is 1.47. The third kappa shape index (κ3) is 11.6. The average molecular weight is 247 g/mol. The normalized spacial score (nSPS) is 11.0. The van der Waals surface area contributed by atoms with Crippen LogP contribution >= 0.6 is 0 Å². The number of aliphatic carboxylic acids is 1. The van der Waals surface area contributed by atoms with Crippen molar-refractivity contribution < 1.29 is 19.4 Å². The van der Waals surface area contributed by atoms with E-state index in [1.807, 2.05) is 13.8 Å². The van der Waals surface area contributed by atoms with Gasteiger partial charge in [-0.3, -0.25) is 9.69 Å². The van der Waals surface area contributed by atoms with E-state index in [9.17, 15) is 4.79 Å². The highest BCUT2D eigenvalue weighted by atomic mass is 16.5. The molecule has 0 atom stereocenters. The van der Waals surface area contributed by atoms with Crippen LogP contribution in [0.25, 0.3) is 0 Å². The molecule has 0 aliphatic carbocycles. The van der Waals surface area contributed by atoms with Gasteiger partial charge in [0.2, 0.25) is 0 Å². The van der Waals surface area contributed by atoms with E-state index < -0.39 is 5.97 Å². The van der Waals surface area contributed by atoms with Crippen molar-refractivity contribution in [2.45, 2.75) is 26.7 Å². The lowest BCUT2D eigenvalue weighted by Crippen LogP contribution is -2.32. The van der Waals surface area contributed by atoms with Crippen molar-refractivity contribution >= 4 is 5.97 Å². The number of carbonyl (C=O) groups is 1. The number of carboxylic acid groups (broad SMARTS) is 1. The van der Waals surface area contributed by atoms with Crippen molar-refractivity contribution in [1.29, 1.82) is 0 Å². The van der Waals surface area contributed by atoms with Crippen LogP contribution in [0, 0.1) is 0 Å². The van der Waals surface area contributed by atoms with Crippen LogP contribution in [0.2, 0.25) is 0 Å². The highest BCUT2D eigenvalue weighted by molar-refractivity contribution is 5.66. The van der Waals surface area contributed by atoms with Crippen LogP contribution in [-0.4, -0.2) is 62.0 Å². The molecule has 0 saturated heterocycles. The summed E-state index contributed by atoms with van der Waals surface area (Å²) in [7, 11) is 0. The first-order valence-corrected chi connectivity index (χ1v) is 6.30. The van der Waals surface area contributed by atoms with E-state index in [4.69, 9.17) is 14.6 Å². The Labute approximate surface area is 104 Å². The highest BCUT2D eigenvalue weighted by Crippen LogP contribution is 1.96. The number of rotatable bonds is 12. The molecule has 0 bridgehead atoms. The fraction of sp³-hybridized carbons (Fsp3) is 0.917. The largest absolute Gasteiger partial charge is 0.481 e. The zero-order valence-electron chi connectivity index (χ0n) is 11.0. The Morgan fingerprint density at radius 2 is 1.59 bits per heavy atom. The maximum Gasteiger partial charge on any atom is 0.303 e. The van der Waals surface area contributed by atoms with Crippen molar-refractivity contribution in [2.24, 2.45) is 0 Å². The summed E-state index contributed by atoms with van der Waals surface area (Å²) in [5.41, 5.74) is 0. The second-order valence-electron chi connectivity index (χ2n) is 3.73. The molecular formula is C12H25NO4. The quantitative estimate of drug-likeness (QED) is 0.526. The van der Waals surface area contributed by atoms with Gasteiger partial charge in [0.05, 0.1) is 13.2 Å². The molecule has 0 aromatic carbocycles. The van der Waals surface area contributed by atoms with Crippen LogP contribution in [0.1, 0.15) is 26.7 Å². The van der Waals surface area contributed by atoms with Crippen molar-refractivity contribution in [3.63, 3.8) is 0 Å². The van der Waals surface area contributed by atoms with E-state index in [0.29, 0.717) is 32.8 Å². The van der Waals surface area contributed by atoms with Crippen LogP contribution in [0.4, 0.5) is 0 Å². The smallest absolute Gasteiger partial charge is 0.303 e. The minimum absolute atomic E-state index is 0.222. The van der Waals surface area contributed by atoms with Crippen molar-refractivity contribution in [1.82, 2.24) is 4.90 Å². The summed E-state index contributed by atoms with van der Waals surface area (Å²) in [5, 5.41) is 8.59. The predicted octanol–water partition coefficient (Wildman–Crippen LogP) is 1.23. The number of ether oxygens (including phenoxy) is 2. The first kappa shape index (κ1) is 16.4. The van der Waals surface area contributed by atoms with Gasteiger partial charge in [0.25, 0.3) is 0 Å². The first-order chi connectivity index (χ1) is 8.20. The molecule has 102 valence electrons. The van der Waals surface area contributed by atoms with Crippen LogP contribution < -0.4 is 0 Å². The summed E-state index contributed by atoms with van der Waals surface area (Å²) in [4.78, 5) is 12.6. The van der Waals surface area contributed by atoms with Gasteiger partial charge in [-0.15, -0.1) is 0 Å². The van der Waals surface area contributed by atoms with Crippen molar-refractivity contribution in [2.75, 3.05) is 46.1 Å². The van der Waals surface area contributed by atoms with Gasteiger partial charge in [0.15, 0.2) is 0 Å². The third-order valence-electron chi connectivity index (χ3n) is 2.38. The minimum atomic E-state index is -0.737. The summed E-state index contributed by atoms with van der Waals surface area (Å²) in [6.07, 6.45) is 0.896. The Morgan fingerprint density at radius 3 is 2.00 bits per heavy atom. The molecule has 0 fully saturated rings. The molecule has 0 saturated carbocycles. The summed E-state index contributed by atoms with van der Waals surface area (Å²) in [6.45, 7) is 9.20. The minimum Gasteiger partial charge on any atom is -0.481 e. The van der Waals surface area contributed by atoms with E-state index in [2.05, 4.69) is 4.90 Å². The van der Waals surface area contributed by atoms with E-state index in [1.165, 1.54) is 0 Å². The standard InChI is InChI=1S/C12H25NO4/c1-3-16-10-8-13(9-11-17-4-2)7-5-6-12(14)15/h3-11H2,1-2H3,(H,14,15). The number of hydrogen-bond acceptors (Lipinski definition) is 4. The molecule has 0 aliphatic rings. The molecule has 0 aromatic heterocycles. The van der Waals surface area contributed by atoms with Gasteiger partial charge in [-0.05, 0) is 26.8 Å². The van der Waals surface area contributed by atoms with Crippen molar-refractivity contribution in [3.05, 3.63) is 0 Å². The molecule has 5 heteroatoms. The zero-order valence-corrected chi connectivity index (χ0v) is 11.0. The predicted molar refractivity (Wildman–Crippen MR) is 66.3 cm³/mol. The molecular weight excluding hydrogens is 222 g/mol. The first-order valence-electron chi connectivity index (χ1n) is 6.30. The summed E-state index contributed by atoms with van der Waals surface area (Å²) in [5.74, 6) is -0.737. The Kier molecular flexibility index (Phi) is 11.4. The van der Waals surface area contributed by atoms with Gasteiger partial charge in [-0.25, -0.2) is 0 Å². The molecule has 0 spiro atoms. The van der Waals surface area contributed by atoms with Crippen LogP contribution in [-0.2, 0) is 14.3 Å². The molecule has 0 amide bonds. The molecule has 0 rings (SSSR count). The second-order valence-corrected chi connectivity index (χ2v) is 3.73. The van der Waals surface area contributed by atoms with Crippen LogP contribution in [0.5, 0.6) is 0 Å². The molecule has 17 heavy (non-hydrogen) atoms. The summed E-state index contributed by atoms with van der Waals surface area (Å²) >= 11 is 0. The number of hydrogen-bond donors (Lipinski definition) is 1. The lowest BCUT2D eigenvalue weighted by Gasteiger charge is -2.21. The molecule has 0 unspecified atom stereocenters. The van der Waals surface area contributed by atoms with Crippen LogP contribution in [0.3, 0.4) is 0 Å². The Balaban J connectivity index is 3.71. The van der Waals surface area contributed by atoms with E-state index in [-0.39, 0.29) is 6.42 Å². The maximum atomic E-state index is 10.4. The lowest BCUT2D eigenvalue weighted by atomic mass is 10.3. The molecule has 0 heterocycles. The van der Waals surface area contributed by atoms with Gasteiger partial charge in [-0.2, -0.15) is 0 Å². The Morgan fingerprint density at radius 1 is 1.06 bits per heavy atom. The average Bonchev–Trinajstić information content (AvgIpc) is 2.28. The van der Waals surface area contributed by atoms with Gasteiger partial charge in [-0.1, -0.05) is 0 Å². The van der Waals surface area contributed by atoms with Gasteiger partial charge in [0, 0.05) is 32.7 Å². The lowest BCUT2D eigenvalue weighted by molar-refractivity contribution is -0.137. The SMILES string of the molecule is CCOCCN(CCCC(=O)O)CCOCC. The zero-order chi connectivity index (χ0) is 12.9. The van der Waals surface area contributed by atoms with Crippen LogP contribution in [0.15, 0.2) is 0 Å². The topological polar surface area (TPSA) is 59.0 Å². The third-order valence-corrected chi connectivity index (χ3v) is 2.38. The monoisotopic (exact) mass is 247 g/mol. The number of nitrogens with zero attached hydrogens (tertiary/aromatic N) is 1.